The molecule has 38 heavy (non-hydrogen) atoms. The lowest BCUT2D eigenvalue weighted by molar-refractivity contribution is -0.0621. The maximum absolute atomic E-state index is 3.09. The van der Waals surface area contributed by atoms with Gasteiger partial charge >= 0.3 is 0 Å². The van der Waals surface area contributed by atoms with E-state index in [1.807, 2.05) is 0 Å². The fourth-order valence-electron chi connectivity index (χ4n) is 8.79. The molecule has 2 saturated carbocycles. The molecule has 3 aliphatic rings. The molecule has 0 aromatic carbocycles. The molecule has 0 aromatic heterocycles. The van der Waals surface area contributed by atoms with E-state index in [1.165, 1.54) is 180 Å². The molecule has 0 bridgehead atoms. The fourth-order valence-corrected chi connectivity index (χ4v) is 8.79. The van der Waals surface area contributed by atoms with E-state index in [9.17, 15) is 0 Å². The summed E-state index contributed by atoms with van der Waals surface area (Å²) in [7, 11) is 2.57. The van der Waals surface area contributed by atoms with Crippen molar-refractivity contribution in [1.82, 2.24) is 10.0 Å². The van der Waals surface area contributed by atoms with Gasteiger partial charge in [0.25, 0.3) is 0 Å². The first-order valence-electron chi connectivity index (χ1n) is 18.3. The lowest BCUT2D eigenvalue weighted by Gasteiger charge is -2.40. The third-order valence-electron chi connectivity index (χ3n) is 10.9. The maximum atomic E-state index is 3.09. The highest BCUT2D eigenvalue weighted by molar-refractivity contribution is 4.99. The Balaban J connectivity index is 1.84. The van der Waals surface area contributed by atoms with Gasteiger partial charge in [-0.05, 0) is 50.4 Å². The third-order valence-corrected chi connectivity index (χ3v) is 10.9. The Kier molecular flexibility index (Phi) is 17.0. The van der Waals surface area contributed by atoms with E-state index in [2.05, 4.69) is 30.9 Å². The van der Waals surface area contributed by atoms with Gasteiger partial charge in [0.05, 0.1) is 0 Å². The zero-order valence-corrected chi connectivity index (χ0v) is 26.6. The zero-order chi connectivity index (χ0) is 26.8. The monoisotopic (exact) mass is 531 g/mol. The van der Waals surface area contributed by atoms with E-state index >= 15 is 0 Å². The first-order valence-corrected chi connectivity index (χ1v) is 18.3. The number of hydrogen-bond acceptors (Lipinski definition) is 2. The summed E-state index contributed by atoms with van der Waals surface area (Å²) in [6, 6.07) is 2.41. The van der Waals surface area contributed by atoms with Crippen LogP contribution >= 0.6 is 0 Å². The quantitative estimate of drug-likeness (QED) is 0.273. The second-order valence-corrected chi connectivity index (χ2v) is 13.9. The topological polar surface area (TPSA) is 6.48 Å². The average Bonchev–Trinajstić information content (AvgIpc) is 3.21. The van der Waals surface area contributed by atoms with Crippen molar-refractivity contribution in [2.45, 2.75) is 212 Å². The van der Waals surface area contributed by atoms with Gasteiger partial charge in [0.1, 0.15) is 0 Å². The summed E-state index contributed by atoms with van der Waals surface area (Å²) in [6.07, 6.45) is 41.0. The van der Waals surface area contributed by atoms with Gasteiger partial charge in [0, 0.05) is 25.2 Å². The molecule has 3 fully saturated rings. The minimum atomic E-state index is 0.800. The molecule has 3 unspecified atom stereocenters. The second kappa shape index (κ2) is 19.9. The average molecular weight is 531 g/mol. The lowest BCUT2D eigenvalue weighted by Crippen LogP contribution is -2.49. The molecule has 224 valence electrons. The van der Waals surface area contributed by atoms with Crippen LogP contribution in [0.2, 0.25) is 0 Å². The van der Waals surface area contributed by atoms with Crippen molar-refractivity contribution >= 4 is 0 Å². The van der Waals surface area contributed by atoms with Crippen LogP contribution in [0.4, 0.5) is 0 Å². The maximum Gasteiger partial charge on any atom is 0.0314 e. The van der Waals surface area contributed by atoms with E-state index in [0.717, 1.165) is 30.0 Å². The molecule has 1 saturated heterocycles. The molecular weight excluding hydrogens is 460 g/mol. The summed E-state index contributed by atoms with van der Waals surface area (Å²) in [6.45, 7) is 4.82. The summed E-state index contributed by atoms with van der Waals surface area (Å²) in [5, 5.41) is 6.03. The van der Waals surface area contributed by atoms with E-state index < -0.39 is 0 Å². The number of rotatable bonds is 9. The molecule has 2 nitrogen and oxygen atoms in total. The molecule has 2 aliphatic carbocycles. The normalized spacial score (nSPS) is 29.9. The Morgan fingerprint density at radius 2 is 0.947 bits per heavy atom. The Morgan fingerprint density at radius 1 is 0.500 bits per heavy atom. The first kappa shape index (κ1) is 32.4. The molecule has 3 rings (SSSR count). The molecule has 0 N–H and O–H groups in total. The molecule has 0 amide bonds. The Bertz CT molecular complexity index is 538. The fraction of sp³-hybridized carbons (Fsp3) is 1.00. The van der Waals surface area contributed by atoms with Crippen molar-refractivity contribution in [3.8, 4) is 0 Å². The smallest absolute Gasteiger partial charge is 0.0314 e. The summed E-state index contributed by atoms with van der Waals surface area (Å²) in [5.74, 6) is 1.81. The van der Waals surface area contributed by atoms with Gasteiger partial charge in [-0.15, -0.1) is 0 Å². The van der Waals surface area contributed by atoms with Gasteiger partial charge in [-0.3, -0.25) is 0 Å². The highest BCUT2D eigenvalue weighted by Gasteiger charge is 2.49. The standard InChI is InChI=1S/C36H70N2/c1-4-6-21-31-35-34(30-7-5-2)36(32-26-22-17-13-10-8-9-11-14-18-23-27-32)37(3)38(35)33-28-24-19-15-12-16-20-25-29-33/h32-36H,4-31H2,1-3H3. The predicted molar refractivity (Wildman–Crippen MR) is 169 cm³/mol. The molecular formula is C36H70N2. The Hall–Kier alpha value is -0.0800. The summed E-state index contributed by atoms with van der Waals surface area (Å²) in [5.41, 5.74) is 0. The van der Waals surface area contributed by atoms with Crippen LogP contribution in [0.5, 0.6) is 0 Å². The minimum absolute atomic E-state index is 0.800. The van der Waals surface area contributed by atoms with Crippen LogP contribution in [-0.4, -0.2) is 35.2 Å². The van der Waals surface area contributed by atoms with E-state index in [-0.39, 0.29) is 0 Å². The summed E-state index contributed by atoms with van der Waals surface area (Å²) < 4.78 is 0. The Labute approximate surface area is 240 Å². The number of hydrazine groups is 1. The minimum Gasteiger partial charge on any atom is -0.241 e. The van der Waals surface area contributed by atoms with Crippen molar-refractivity contribution in [2.75, 3.05) is 7.05 Å². The van der Waals surface area contributed by atoms with Gasteiger partial charge in [-0.1, -0.05) is 155 Å². The lowest BCUT2D eigenvalue weighted by atomic mass is 9.76. The number of unbranched alkanes of at least 4 members (excludes halogenated alkanes) is 3. The third kappa shape index (κ3) is 10.7. The van der Waals surface area contributed by atoms with Gasteiger partial charge < -0.3 is 0 Å². The highest BCUT2D eigenvalue weighted by atomic mass is 15.7. The van der Waals surface area contributed by atoms with Crippen molar-refractivity contribution in [2.24, 2.45) is 11.8 Å². The molecule has 3 atom stereocenters. The highest BCUT2D eigenvalue weighted by Crippen LogP contribution is 2.44. The van der Waals surface area contributed by atoms with Crippen LogP contribution in [0.25, 0.3) is 0 Å². The van der Waals surface area contributed by atoms with Crippen LogP contribution < -0.4 is 0 Å². The number of hydrogen-bond donors (Lipinski definition) is 0. The SMILES string of the molecule is CCCCCC1C(CCCC)C(C2CCCCCCCCCCCC2)N(C)N1C1CCCCCCCCC1. The van der Waals surface area contributed by atoms with Crippen LogP contribution in [-0.2, 0) is 0 Å². The van der Waals surface area contributed by atoms with Gasteiger partial charge in [0.15, 0.2) is 0 Å². The van der Waals surface area contributed by atoms with Crippen LogP contribution in [0.15, 0.2) is 0 Å². The van der Waals surface area contributed by atoms with Crippen LogP contribution in [0.1, 0.15) is 194 Å². The van der Waals surface area contributed by atoms with Crippen molar-refractivity contribution < 1.29 is 0 Å². The van der Waals surface area contributed by atoms with Crippen LogP contribution in [0, 0.1) is 11.8 Å². The van der Waals surface area contributed by atoms with E-state index in [1.54, 1.807) is 0 Å². The zero-order valence-electron chi connectivity index (χ0n) is 26.6. The predicted octanol–water partition coefficient (Wildman–Crippen LogP) is 11.5. The van der Waals surface area contributed by atoms with Crippen molar-refractivity contribution in [3.05, 3.63) is 0 Å². The number of nitrogens with zero attached hydrogens (tertiary/aromatic N) is 2. The van der Waals surface area contributed by atoms with Crippen molar-refractivity contribution in [3.63, 3.8) is 0 Å². The van der Waals surface area contributed by atoms with Crippen LogP contribution in [0.3, 0.4) is 0 Å². The molecule has 1 heterocycles. The van der Waals surface area contributed by atoms with E-state index in [4.69, 9.17) is 0 Å². The summed E-state index contributed by atoms with van der Waals surface area (Å²) in [4.78, 5) is 0. The van der Waals surface area contributed by atoms with Gasteiger partial charge in [-0.2, -0.15) is 0 Å². The van der Waals surface area contributed by atoms with Crippen molar-refractivity contribution in [1.29, 1.82) is 0 Å². The summed E-state index contributed by atoms with van der Waals surface area (Å²) >= 11 is 0. The van der Waals surface area contributed by atoms with Gasteiger partial charge in [0.2, 0.25) is 0 Å². The molecule has 1 aliphatic heterocycles. The second-order valence-electron chi connectivity index (χ2n) is 13.9. The van der Waals surface area contributed by atoms with Gasteiger partial charge in [-0.25, -0.2) is 10.0 Å². The Morgan fingerprint density at radius 3 is 1.42 bits per heavy atom. The largest absolute Gasteiger partial charge is 0.241 e. The first-order chi connectivity index (χ1) is 18.8. The molecule has 0 radical (unpaired) electrons. The molecule has 0 aromatic rings. The molecule has 2 heteroatoms. The van der Waals surface area contributed by atoms with E-state index in [0.29, 0.717) is 0 Å². The molecule has 0 spiro atoms.